The molecule has 144 valence electrons. The van der Waals surface area contributed by atoms with Gasteiger partial charge in [0, 0.05) is 31.1 Å². The number of rotatable bonds is 6. The highest BCUT2D eigenvalue weighted by molar-refractivity contribution is 6.30. The van der Waals surface area contributed by atoms with Crippen LogP contribution in [0.5, 0.6) is 5.75 Å². The van der Waals surface area contributed by atoms with Crippen molar-refractivity contribution >= 4 is 23.4 Å². The molecule has 2 amide bonds. The Kier molecular flexibility index (Phi) is 6.40. The van der Waals surface area contributed by atoms with Crippen LogP contribution in [0.25, 0.3) is 0 Å². The second-order valence-electron chi connectivity index (χ2n) is 6.64. The van der Waals surface area contributed by atoms with Crippen LogP contribution in [0, 0.1) is 5.92 Å². The molecule has 2 aromatic rings. The molecule has 27 heavy (non-hydrogen) atoms. The first-order chi connectivity index (χ1) is 13.0. The van der Waals surface area contributed by atoms with Crippen LogP contribution < -0.4 is 4.74 Å². The summed E-state index contributed by atoms with van der Waals surface area (Å²) in [5.41, 5.74) is 0.551. The van der Waals surface area contributed by atoms with Crippen molar-refractivity contribution < 1.29 is 18.7 Å². The number of amides is 2. The number of hydrogen-bond acceptors (Lipinski definition) is 4. The normalized spacial score (nSPS) is 14.8. The topological polar surface area (TPSA) is 63.0 Å². The third-order valence-electron chi connectivity index (χ3n) is 4.77. The molecule has 1 saturated heterocycles. The van der Waals surface area contributed by atoms with Crippen molar-refractivity contribution in [2.75, 3.05) is 33.3 Å². The zero-order chi connectivity index (χ0) is 19.2. The number of benzene rings is 1. The number of piperidine rings is 1. The fourth-order valence-corrected chi connectivity index (χ4v) is 3.36. The standard InChI is InChI=1S/C20H23ClN2O4/c1-22(10-12-27-18-4-2-3-17(21)13-18)19(24)15-5-8-23(9-6-15)20(25)16-7-11-26-14-16/h2-4,7,11,13-15H,5-6,8-10,12H2,1H3. The first kappa shape index (κ1) is 19.3. The summed E-state index contributed by atoms with van der Waals surface area (Å²) in [5, 5.41) is 0.619. The van der Waals surface area contributed by atoms with Crippen molar-refractivity contribution in [2.24, 2.45) is 5.92 Å². The molecule has 0 aliphatic carbocycles. The largest absolute Gasteiger partial charge is 0.492 e. The van der Waals surface area contributed by atoms with Crippen LogP contribution in [-0.4, -0.2) is 54.9 Å². The Labute approximate surface area is 163 Å². The van der Waals surface area contributed by atoms with Crippen LogP contribution >= 0.6 is 11.6 Å². The van der Waals surface area contributed by atoms with Crippen molar-refractivity contribution in [3.05, 3.63) is 53.4 Å². The molecule has 7 heteroatoms. The number of likely N-dealkylation sites (tertiary alicyclic amines) is 1. The van der Waals surface area contributed by atoms with Crippen LogP contribution in [0.15, 0.2) is 47.3 Å². The van der Waals surface area contributed by atoms with E-state index in [9.17, 15) is 9.59 Å². The van der Waals surface area contributed by atoms with Gasteiger partial charge < -0.3 is 19.0 Å². The highest BCUT2D eigenvalue weighted by Crippen LogP contribution is 2.21. The van der Waals surface area contributed by atoms with Crippen LogP contribution in [-0.2, 0) is 4.79 Å². The average molecular weight is 391 g/mol. The fraction of sp³-hybridized carbons (Fsp3) is 0.400. The van der Waals surface area contributed by atoms with E-state index in [1.54, 1.807) is 35.0 Å². The molecule has 0 saturated carbocycles. The van der Waals surface area contributed by atoms with Gasteiger partial charge in [0.05, 0.1) is 18.4 Å². The summed E-state index contributed by atoms with van der Waals surface area (Å²) in [6, 6.07) is 8.85. The lowest BCUT2D eigenvalue weighted by Gasteiger charge is -2.33. The van der Waals surface area contributed by atoms with Gasteiger partial charge in [-0.2, -0.15) is 0 Å². The van der Waals surface area contributed by atoms with E-state index in [1.807, 2.05) is 12.1 Å². The summed E-state index contributed by atoms with van der Waals surface area (Å²) in [6.07, 6.45) is 4.28. The van der Waals surface area contributed by atoms with E-state index in [0.717, 1.165) is 0 Å². The Morgan fingerprint density at radius 1 is 1.30 bits per heavy atom. The van der Waals surface area contributed by atoms with E-state index in [-0.39, 0.29) is 17.7 Å². The summed E-state index contributed by atoms with van der Waals surface area (Å²) < 4.78 is 10.6. The highest BCUT2D eigenvalue weighted by Gasteiger charge is 2.29. The van der Waals surface area contributed by atoms with Gasteiger partial charge in [0.25, 0.3) is 5.91 Å². The summed E-state index contributed by atoms with van der Waals surface area (Å²) in [7, 11) is 1.78. The molecule has 1 fully saturated rings. The number of likely N-dealkylation sites (N-methyl/N-ethyl adjacent to an activating group) is 1. The molecule has 2 heterocycles. The first-order valence-electron chi connectivity index (χ1n) is 8.99. The monoisotopic (exact) mass is 390 g/mol. The summed E-state index contributed by atoms with van der Waals surface area (Å²) in [4.78, 5) is 28.4. The Morgan fingerprint density at radius 2 is 2.07 bits per heavy atom. The van der Waals surface area contributed by atoms with Gasteiger partial charge in [0.1, 0.15) is 18.6 Å². The maximum atomic E-state index is 12.6. The molecule has 1 aromatic carbocycles. The summed E-state index contributed by atoms with van der Waals surface area (Å²) in [6.45, 7) is 2.06. The van der Waals surface area contributed by atoms with E-state index in [1.165, 1.54) is 12.5 Å². The number of carbonyl (C=O) groups excluding carboxylic acids is 2. The predicted octanol–water partition coefficient (Wildman–Crippen LogP) is 3.32. The van der Waals surface area contributed by atoms with E-state index < -0.39 is 0 Å². The Balaban J connectivity index is 1.42. The van der Waals surface area contributed by atoms with Gasteiger partial charge in [-0.25, -0.2) is 0 Å². The van der Waals surface area contributed by atoms with Crippen molar-refractivity contribution in [2.45, 2.75) is 12.8 Å². The van der Waals surface area contributed by atoms with E-state index in [0.29, 0.717) is 55.4 Å². The van der Waals surface area contributed by atoms with Crippen LogP contribution in [0.1, 0.15) is 23.2 Å². The highest BCUT2D eigenvalue weighted by atomic mass is 35.5. The van der Waals surface area contributed by atoms with Gasteiger partial charge in [0.2, 0.25) is 5.91 Å². The van der Waals surface area contributed by atoms with Crippen molar-refractivity contribution in [3.8, 4) is 5.75 Å². The molecular formula is C20H23ClN2O4. The second kappa shape index (κ2) is 8.95. The quantitative estimate of drug-likeness (QED) is 0.759. The average Bonchev–Trinajstić information content (AvgIpc) is 3.22. The molecule has 1 aliphatic rings. The first-order valence-corrected chi connectivity index (χ1v) is 9.37. The third-order valence-corrected chi connectivity index (χ3v) is 5.00. The maximum Gasteiger partial charge on any atom is 0.257 e. The molecule has 0 unspecified atom stereocenters. The minimum Gasteiger partial charge on any atom is -0.492 e. The smallest absolute Gasteiger partial charge is 0.257 e. The molecule has 0 radical (unpaired) electrons. The lowest BCUT2D eigenvalue weighted by molar-refractivity contribution is -0.135. The zero-order valence-electron chi connectivity index (χ0n) is 15.3. The lowest BCUT2D eigenvalue weighted by atomic mass is 9.95. The van der Waals surface area contributed by atoms with E-state index in [4.69, 9.17) is 20.8 Å². The van der Waals surface area contributed by atoms with Gasteiger partial charge in [0.15, 0.2) is 0 Å². The van der Waals surface area contributed by atoms with Crippen molar-refractivity contribution in [1.82, 2.24) is 9.80 Å². The van der Waals surface area contributed by atoms with Crippen molar-refractivity contribution in [3.63, 3.8) is 0 Å². The van der Waals surface area contributed by atoms with Gasteiger partial charge in [-0.15, -0.1) is 0 Å². The zero-order valence-corrected chi connectivity index (χ0v) is 16.0. The van der Waals surface area contributed by atoms with Gasteiger partial charge in [-0.3, -0.25) is 9.59 Å². The van der Waals surface area contributed by atoms with Crippen molar-refractivity contribution in [1.29, 1.82) is 0 Å². The number of carbonyl (C=O) groups is 2. The van der Waals surface area contributed by atoms with Crippen LogP contribution in [0.4, 0.5) is 0 Å². The van der Waals surface area contributed by atoms with Gasteiger partial charge in [-0.1, -0.05) is 17.7 Å². The SMILES string of the molecule is CN(CCOc1cccc(Cl)c1)C(=O)C1CCN(C(=O)c2ccoc2)CC1. The molecule has 0 spiro atoms. The molecule has 0 N–H and O–H groups in total. The van der Waals surface area contributed by atoms with Gasteiger partial charge >= 0.3 is 0 Å². The van der Waals surface area contributed by atoms with Crippen LogP contribution in [0.2, 0.25) is 5.02 Å². The number of ether oxygens (including phenoxy) is 1. The molecule has 0 bridgehead atoms. The third kappa shape index (κ3) is 5.04. The minimum atomic E-state index is -0.0606. The minimum absolute atomic E-state index is 0.0436. The fourth-order valence-electron chi connectivity index (χ4n) is 3.18. The molecule has 3 rings (SSSR count). The molecular weight excluding hydrogens is 368 g/mol. The molecule has 1 aromatic heterocycles. The Bertz CT molecular complexity index is 770. The number of hydrogen-bond donors (Lipinski definition) is 0. The predicted molar refractivity (Wildman–Crippen MR) is 102 cm³/mol. The molecule has 6 nitrogen and oxygen atoms in total. The van der Waals surface area contributed by atoms with E-state index >= 15 is 0 Å². The molecule has 1 aliphatic heterocycles. The summed E-state index contributed by atoms with van der Waals surface area (Å²) in [5.74, 6) is 0.682. The van der Waals surface area contributed by atoms with E-state index in [2.05, 4.69) is 0 Å². The molecule has 0 atom stereocenters. The lowest BCUT2D eigenvalue weighted by Crippen LogP contribution is -2.44. The maximum absolute atomic E-state index is 12.6. The van der Waals surface area contributed by atoms with Crippen LogP contribution in [0.3, 0.4) is 0 Å². The Hall–Kier alpha value is -2.47. The number of furan rings is 1. The summed E-state index contributed by atoms with van der Waals surface area (Å²) >= 11 is 5.93. The number of nitrogens with zero attached hydrogens (tertiary/aromatic N) is 2. The Morgan fingerprint density at radius 3 is 2.74 bits per heavy atom. The number of halogens is 1. The second-order valence-corrected chi connectivity index (χ2v) is 7.08. The van der Waals surface area contributed by atoms with Gasteiger partial charge in [-0.05, 0) is 37.1 Å².